The topological polar surface area (TPSA) is 36.0 Å². The molecule has 1 atom stereocenters. The van der Waals surface area contributed by atoms with Crippen LogP contribution in [0.5, 0.6) is 0 Å². The van der Waals surface area contributed by atoms with Gasteiger partial charge < -0.3 is 14.5 Å². The summed E-state index contributed by atoms with van der Waals surface area (Å²) in [5.41, 5.74) is 0. The quantitative estimate of drug-likeness (QED) is 0.752. The molecule has 0 bridgehead atoms. The monoisotopic (exact) mass is 261 g/mol. The second kappa shape index (κ2) is 7.08. The van der Waals surface area contributed by atoms with Crippen LogP contribution < -0.4 is 0 Å². The van der Waals surface area contributed by atoms with Gasteiger partial charge in [0, 0.05) is 46.9 Å². The zero-order valence-corrected chi connectivity index (χ0v) is 11.8. The van der Waals surface area contributed by atoms with Gasteiger partial charge in [-0.05, 0) is 6.92 Å². The number of thiol groups is 1. The summed E-state index contributed by atoms with van der Waals surface area (Å²) in [4.78, 5) is 17.9. The molecule has 1 rings (SSSR count). The molecule has 1 aliphatic rings. The maximum Gasteiger partial charge on any atom is 0.319 e. The average molecular weight is 261 g/mol. The minimum atomic E-state index is 0.0912. The maximum atomic E-state index is 12.0. The third kappa shape index (κ3) is 4.37. The van der Waals surface area contributed by atoms with Gasteiger partial charge in [0.1, 0.15) is 0 Å². The zero-order chi connectivity index (χ0) is 12.8. The van der Waals surface area contributed by atoms with Crippen LogP contribution in [0.1, 0.15) is 6.92 Å². The van der Waals surface area contributed by atoms with Crippen LogP contribution in [-0.2, 0) is 4.74 Å². The summed E-state index contributed by atoms with van der Waals surface area (Å²) in [5, 5.41) is 0.262. The molecule has 0 aliphatic carbocycles. The third-order valence-corrected chi connectivity index (χ3v) is 3.40. The van der Waals surface area contributed by atoms with Crippen LogP contribution >= 0.6 is 12.6 Å². The Hall–Kier alpha value is -0.460. The maximum absolute atomic E-state index is 12.0. The lowest BCUT2D eigenvalue weighted by Gasteiger charge is -2.38. The lowest BCUT2D eigenvalue weighted by molar-refractivity contribution is 0.106. The Kier molecular flexibility index (Phi) is 6.08. The average Bonchev–Trinajstić information content (AvgIpc) is 2.35. The predicted molar refractivity (Wildman–Crippen MR) is 71.5 cm³/mol. The highest BCUT2D eigenvalue weighted by Gasteiger charge is 2.24. The number of ether oxygens (including phenoxy) is 1. The molecular formula is C11H23N3O2S. The highest BCUT2D eigenvalue weighted by molar-refractivity contribution is 7.80. The van der Waals surface area contributed by atoms with Gasteiger partial charge in [0.2, 0.25) is 0 Å². The van der Waals surface area contributed by atoms with Crippen molar-refractivity contribution in [2.24, 2.45) is 0 Å². The van der Waals surface area contributed by atoms with Gasteiger partial charge in [0.15, 0.2) is 0 Å². The molecule has 1 heterocycles. The molecule has 0 spiro atoms. The molecule has 100 valence electrons. The van der Waals surface area contributed by atoms with Crippen LogP contribution in [0.2, 0.25) is 0 Å². The molecule has 1 fully saturated rings. The van der Waals surface area contributed by atoms with Crippen LogP contribution in [0.15, 0.2) is 0 Å². The first-order valence-electron chi connectivity index (χ1n) is 5.97. The Morgan fingerprint density at radius 1 is 1.41 bits per heavy atom. The summed E-state index contributed by atoms with van der Waals surface area (Å²) >= 11 is 4.40. The highest BCUT2D eigenvalue weighted by Crippen LogP contribution is 2.09. The number of rotatable bonds is 4. The van der Waals surface area contributed by atoms with E-state index < -0.39 is 0 Å². The number of hydrogen-bond acceptors (Lipinski definition) is 4. The van der Waals surface area contributed by atoms with Gasteiger partial charge in [-0.1, -0.05) is 0 Å². The molecule has 2 amide bonds. The van der Waals surface area contributed by atoms with Crippen molar-refractivity contribution >= 4 is 18.7 Å². The van der Waals surface area contributed by atoms with Gasteiger partial charge >= 0.3 is 6.03 Å². The van der Waals surface area contributed by atoms with Crippen molar-refractivity contribution in [2.45, 2.75) is 12.3 Å². The predicted octanol–water partition coefficient (Wildman–Crippen LogP) is 0.578. The second-order valence-corrected chi connectivity index (χ2v) is 5.10. The van der Waals surface area contributed by atoms with Gasteiger partial charge in [0.25, 0.3) is 0 Å². The Bertz CT molecular complexity index is 243. The van der Waals surface area contributed by atoms with Crippen LogP contribution in [0.25, 0.3) is 0 Å². The zero-order valence-electron chi connectivity index (χ0n) is 10.9. The molecule has 0 aromatic carbocycles. The molecule has 1 aliphatic heterocycles. The first-order valence-corrected chi connectivity index (χ1v) is 6.49. The fourth-order valence-electron chi connectivity index (χ4n) is 1.85. The van der Waals surface area contributed by atoms with E-state index in [0.29, 0.717) is 13.2 Å². The molecule has 0 N–H and O–H groups in total. The number of carbonyl (C=O) groups is 1. The standard InChI is InChI=1S/C11H23N3O2S/c1-10(17)13-4-6-14(7-5-13)11(15)12(2)8-9-16-3/h10,17H,4-9H2,1-3H3. The fraction of sp³-hybridized carbons (Fsp3) is 0.909. The molecule has 0 aromatic heterocycles. The molecule has 17 heavy (non-hydrogen) atoms. The van der Waals surface area contributed by atoms with Gasteiger partial charge in [-0.25, -0.2) is 4.79 Å². The van der Waals surface area contributed by atoms with Crippen molar-refractivity contribution in [1.29, 1.82) is 0 Å². The number of likely N-dealkylation sites (N-methyl/N-ethyl adjacent to an activating group) is 1. The van der Waals surface area contributed by atoms with E-state index in [1.165, 1.54) is 0 Å². The number of hydrogen-bond donors (Lipinski definition) is 1. The van der Waals surface area contributed by atoms with Crippen LogP contribution in [0, 0.1) is 0 Å². The van der Waals surface area contributed by atoms with E-state index in [9.17, 15) is 4.79 Å². The molecule has 0 radical (unpaired) electrons. The first-order chi connectivity index (χ1) is 8.06. The normalized spacial score (nSPS) is 19.2. The van der Waals surface area contributed by atoms with Crippen molar-refractivity contribution in [3.05, 3.63) is 0 Å². The Morgan fingerprint density at radius 2 is 2.00 bits per heavy atom. The largest absolute Gasteiger partial charge is 0.383 e. The lowest BCUT2D eigenvalue weighted by atomic mass is 10.3. The summed E-state index contributed by atoms with van der Waals surface area (Å²) in [6.07, 6.45) is 0. The highest BCUT2D eigenvalue weighted by atomic mass is 32.1. The molecule has 0 aromatic rings. The Labute approximate surface area is 109 Å². The lowest BCUT2D eigenvalue weighted by Crippen LogP contribution is -2.53. The SMILES string of the molecule is COCCN(C)C(=O)N1CCN(C(C)S)CC1. The van der Waals surface area contributed by atoms with E-state index in [0.717, 1.165) is 26.2 Å². The number of methoxy groups -OCH3 is 1. The Morgan fingerprint density at radius 3 is 2.47 bits per heavy atom. The Balaban J connectivity index is 2.35. The van der Waals surface area contributed by atoms with Gasteiger partial charge in [0.05, 0.1) is 12.0 Å². The summed E-state index contributed by atoms with van der Waals surface area (Å²) < 4.78 is 4.97. The fourth-order valence-corrected chi connectivity index (χ4v) is 2.08. The van der Waals surface area contributed by atoms with Crippen LogP contribution in [-0.4, -0.2) is 79.6 Å². The van der Waals surface area contributed by atoms with E-state index in [4.69, 9.17) is 4.74 Å². The molecular weight excluding hydrogens is 238 g/mol. The van der Waals surface area contributed by atoms with Crippen molar-refractivity contribution in [2.75, 3.05) is 53.5 Å². The summed E-state index contributed by atoms with van der Waals surface area (Å²) in [7, 11) is 3.46. The van der Waals surface area contributed by atoms with E-state index in [2.05, 4.69) is 24.5 Å². The number of amides is 2. The molecule has 0 saturated carbocycles. The smallest absolute Gasteiger partial charge is 0.319 e. The summed E-state index contributed by atoms with van der Waals surface area (Å²) in [5.74, 6) is 0. The van der Waals surface area contributed by atoms with Gasteiger partial charge in [-0.2, -0.15) is 12.6 Å². The van der Waals surface area contributed by atoms with Crippen molar-refractivity contribution in [3.63, 3.8) is 0 Å². The van der Waals surface area contributed by atoms with Crippen molar-refractivity contribution in [1.82, 2.24) is 14.7 Å². The number of carbonyl (C=O) groups excluding carboxylic acids is 1. The van der Waals surface area contributed by atoms with Gasteiger partial charge in [-0.3, -0.25) is 4.90 Å². The van der Waals surface area contributed by atoms with Crippen LogP contribution in [0.4, 0.5) is 4.79 Å². The van der Waals surface area contributed by atoms with Crippen LogP contribution in [0.3, 0.4) is 0 Å². The molecule has 1 unspecified atom stereocenters. The minimum Gasteiger partial charge on any atom is -0.383 e. The molecule has 6 heteroatoms. The number of piperazine rings is 1. The molecule has 5 nitrogen and oxygen atoms in total. The van der Waals surface area contributed by atoms with E-state index in [-0.39, 0.29) is 11.4 Å². The van der Waals surface area contributed by atoms with Crippen molar-refractivity contribution in [3.8, 4) is 0 Å². The first kappa shape index (κ1) is 14.6. The summed E-state index contributed by atoms with van der Waals surface area (Å²) in [6, 6.07) is 0.0912. The van der Waals surface area contributed by atoms with Crippen molar-refractivity contribution < 1.29 is 9.53 Å². The van der Waals surface area contributed by atoms with E-state index in [1.54, 1.807) is 12.0 Å². The third-order valence-electron chi connectivity index (χ3n) is 3.07. The summed E-state index contributed by atoms with van der Waals surface area (Å²) in [6.45, 7) is 6.63. The minimum absolute atomic E-state index is 0.0912. The number of nitrogens with zero attached hydrogens (tertiary/aromatic N) is 3. The van der Waals surface area contributed by atoms with E-state index in [1.807, 2.05) is 11.9 Å². The van der Waals surface area contributed by atoms with E-state index >= 15 is 0 Å². The van der Waals surface area contributed by atoms with Gasteiger partial charge in [-0.15, -0.1) is 0 Å². The number of urea groups is 1. The second-order valence-electron chi connectivity index (χ2n) is 4.35. The molecule has 1 saturated heterocycles.